The van der Waals surface area contributed by atoms with E-state index in [1.807, 2.05) is 43.3 Å². The summed E-state index contributed by atoms with van der Waals surface area (Å²) in [5.74, 6) is -0.0599. The van der Waals surface area contributed by atoms with E-state index in [-0.39, 0.29) is 5.91 Å². The fourth-order valence-corrected chi connectivity index (χ4v) is 4.57. The van der Waals surface area contributed by atoms with Gasteiger partial charge in [-0.25, -0.2) is 4.98 Å². The van der Waals surface area contributed by atoms with Crippen molar-refractivity contribution in [2.75, 3.05) is 19.0 Å². The van der Waals surface area contributed by atoms with Gasteiger partial charge in [-0.2, -0.15) is 0 Å². The molecule has 0 saturated heterocycles. The Morgan fingerprint density at radius 1 is 1.25 bits per heavy atom. The third-order valence-corrected chi connectivity index (χ3v) is 6.04. The molecule has 0 spiro atoms. The summed E-state index contributed by atoms with van der Waals surface area (Å²) in [6, 6.07) is 12.1. The smallest absolute Gasteiger partial charge is 0.261 e. The molecule has 0 radical (unpaired) electrons. The van der Waals surface area contributed by atoms with Crippen molar-refractivity contribution in [1.82, 2.24) is 15.3 Å². The Kier molecular flexibility index (Phi) is 3.74. The fraction of sp³-hybridized carbons (Fsp3) is 0.176. The van der Waals surface area contributed by atoms with Gasteiger partial charge in [-0.3, -0.25) is 4.79 Å². The molecule has 0 saturated carbocycles. The van der Waals surface area contributed by atoms with Gasteiger partial charge in [-0.05, 0) is 23.6 Å². The number of hydrogen-bond donors (Lipinski definition) is 2. The summed E-state index contributed by atoms with van der Waals surface area (Å²) in [4.78, 5) is 23.8. The first-order valence-corrected chi connectivity index (χ1v) is 9.16. The van der Waals surface area contributed by atoms with Crippen LogP contribution in [0.3, 0.4) is 0 Å². The van der Waals surface area contributed by atoms with Gasteiger partial charge in [-0.1, -0.05) is 29.5 Å². The number of carbonyl (C=O) groups excluding carboxylic acids is 1. The predicted octanol–water partition coefficient (Wildman–Crippen LogP) is 3.84. The first-order chi connectivity index (χ1) is 11.6. The zero-order valence-corrected chi connectivity index (χ0v) is 14.9. The van der Waals surface area contributed by atoms with Crippen LogP contribution >= 0.6 is 22.7 Å². The number of rotatable bonds is 4. The van der Waals surface area contributed by atoms with Crippen LogP contribution in [0.5, 0.6) is 0 Å². The number of anilines is 1. The molecule has 1 amide bonds. The minimum absolute atomic E-state index is 0.0599. The number of H-pyrrole nitrogens is 1. The number of hydrogen-bond acceptors (Lipinski definition) is 5. The predicted molar refractivity (Wildman–Crippen MR) is 101 cm³/mol. The van der Waals surface area contributed by atoms with Crippen molar-refractivity contribution in [3.63, 3.8) is 0 Å². The van der Waals surface area contributed by atoms with E-state index in [1.165, 1.54) is 11.3 Å². The van der Waals surface area contributed by atoms with Crippen molar-refractivity contribution in [3.8, 4) is 0 Å². The maximum absolute atomic E-state index is 12.4. The topological polar surface area (TPSA) is 61.0 Å². The standard InChI is InChI=1S/C17H16N4OS2/c1-21(2)17-20-16-14(24-17)8-13(23-16)15(22)18-9-11-7-10-5-3-4-6-12(10)19-11/h3-8,19H,9H2,1-2H3,(H,18,22). The van der Waals surface area contributed by atoms with Gasteiger partial charge in [0.1, 0.15) is 4.83 Å². The summed E-state index contributed by atoms with van der Waals surface area (Å²) in [6.07, 6.45) is 0. The number of thiophene rings is 1. The summed E-state index contributed by atoms with van der Waals surface area (Å²) in [5.41, 5.74) is 2.08. The van der Waals surface area contributed by atoms with Crippen LogP contribution in [0.2, 0.25) is 0 Å². The van der Waals surface area contributed by atoms with Crippen LogP contribution in [0.25, 0.3) is 20.4 Å². The number of aromatic amines is 1. The average molecular weight is 356 g/mol. The fourth-order valence-electron chi connectivity index (χ4n) is 2.52. The lowest BCUT2D eigenvalue weighted by Gasteiger charge is -2.05. The number of benzene rings is 1. The van der Waals surface area contributed by atoms with E-state index in [0.717, 1.165) is 31.3 Å². The molecule has 2 N–H and O–H groups in total. The maximum atomic E-state index is 12.4. The van der Waals surface area contributed by atoms with Crippen molar-refractivity contribution < 1.29 is 4.79 Å². The first kappa shape index (κ1) is 15.2. The van der Waals surface area contributed by atoms with Gasteiger partial charge in [0.25, 0.3) is 5.91 Å². The van der Waals surface area contributed by atoms with Crippen LogP contribution in [0.4, 0.5) is 5.13 Å². The Labute approximate surface area is 146 Å². The molecule has 0 aliphatic rings. The summed E-state index contributed by atoms with van der Waals surface area (Å²) in [7, 11) is 3.94. The van der Waals surface area contributed by atoms with Crippen LogP contribution in [0, 0.1) is 0 Å². The van der Waals surface area contributed by atoms with Crippen LogP contribution in [0.1, 0.15) is 15.4 Å². The van der Waals surface area contributed by atoms with Crippen LogP contribution in [-0.4, -0.2) is 30.0 Å². The third kappa shape index (κ3) is 2.76. The summed E-state index contributed by atoms with van der Waals surface area (Å²) < 4.78 is 1.06. The number of para-hydroxylation sites is 1. The lowest BCUT2D eigenvalue weighted by molar-refractivity contribution is 0.0954. The molecule has 0 aliphatic carbocycles. The molecule has 0 fully saturated rings. The van der Waals surface area contributed by atoms with E-state index in [9.17, 15) is 4.79 Å². The molecule has 3 aromatic heterocycles. The molecule has 0 aliphatic heterocycles. The van der Waals surface area contributed by atoms with Gasteiger partial charge >= 0.3 is 0 Å². The zero-order chi connectivity index (χ0) is 16.7. The molecule has 0 atom stereocenters. The first-order valence-electron chi connectivity index (χ1n) is 7.53. The molecular formula is C17H16N4OS2. The largest absolute Gasteiger partial charge is 0.357 e. The molecule has 0 bridgehead atoms. The van der Waals surface area contributed by atoms with E-state index in [2.05, 4.69) is 27.4 Å². The van der Waals surface area contributed by atoms with E-state index in [0.29, 0.717) is 11.4 Å². The molecule has 5 nitrogen and oxygen atoms in total. The minimum atomic E-state index is -0.0599. The second kappa shape index (κ2) is 5.92. The average Bonchev–Trinajstić information content (AvgIpc) is 3.23. The number of nitrogens with zero attached hydrogens (tertiary/aromatic N) is 2. The Morgan fingerprint density at radius 2 is 2.08 bits per heavy atom. The number of aromatic nitrogens is 2. The second-order valence-electron chi connectivity index (χ2n) is 5.74. The Bertz CT molecular complexity index is 963. The highest BCUT2D eigenvalue weighted by Crippen LogP contribution is 2.33. The lowest BCUT2D eigenvalue weighted by Crippen LogP contribution is -2.21. The monoisotopic (exact) mass is 356 g/mol. The normalized spacial score (nSPS) is 11.2. The van der Waals surface area contributed by atoms with E-state index in [1.54, 1.807) is 11.3 Å². The highest BCUT2D eigenvalue weighted by Gasteiger charge is 2.14. The number of thiazole rings is 1. The Balaban J connectivity index is 1.48. The molecule has 4 rings (SSSR count). The summed E-state index contributed by atoms with van der Waals surface area (Å²) in [6.45, 7) is 0.482. The quantitative estimate of drug-likeness (QED) is 0.584. The summed E-state index contributed by atoms with van der Waals surface area (Å²) in [5, 5.41) is 5.08. The number of nitrogens with one attached hydrogen (secondary N) is 2. The lowest BCUT2D eigenvalue weighted by atomic mass is 10.2. The SMILES string of the molecule is CN(C)c1nc2sc(C(=O)NCc3cc4ccccc4[nH]3)cc2s1. The van der Waals surface area contributed by atoms with Gasteiger partial charge < -0.3 is 15.2 Å². The minimum Gasteiger partial charge on any atom is -0.357 e. The third-order valence-electron chi connectivity index (χ3n) is 3.71. The van der Waals surface area contributed by atoms with Crippen molar-refractivity contribution in [2.24, 2.45) is 0 Å². The van der Waals surface area contributed by atoms with E-state index in [4.69, 9.17) is 0 Å². The molecule has 3 heterocycles. The molecule has 1 aromatic carbocycles. The van der Waals surface area contributed by atoms with Gasteiger partial charge in [-0.15, -0.1) is 11.3 Å². The Hall–Kier alpha value is -2.38. The highest BCUT2D eigenvalue weighted by molar-refractivity contribution is 7.29. The molecule has 24 heavy (non-hydrogen) atoms. The maximum Gasteiger partial charge on any atom is 0.261 e. The van der Waals surface area contributed by atoms with Crippen molar-refractivity contribution >= 4 is 54.1 Å². The van der Waals surface area contributed by atoms with Crippen LogP contribution in [-0.2, 0) is 6.54 Å². The molecule has 0 unspecified atom stereocenters. The Morgan fingerprint density at radius 3 is 2.83 bits per heavy atom. The molecule has 122 valence electrons. The van der Waals surface area contributed by atoms with Crippen molar-refractivity contribution in [2.45, 2.75) is 6.54 Å². The van der Waals surface area contributed by atoms with Crippen molar-refractivity contribution in [3.05, 3.63) is 47.0 Å². The van der Waals surface area contributed by atoms with Gasteiger partial charge in [0.2, 0.25) is 0 Å². The summed E-state index contributed by atoms with van der Waals surface area (Å²) >= 11 is 3.03. The van der Waals surface area contributed by atoms with Gasteiger partial charge in [0.15, 0.2) is 5.13 Å². The van der Waals surface area contributed by atoms with Crippen molar-refractivity contribution in [1.29, 1.82) is 0 Å². The number of fused-ring (bicyclic) bond motifs is 2. The van der Waals surface area contributed by atoms with Crippen LogP contribution in [0.15, 0.2) is 36.4 Å². The van der Waals surface area contributed by atoms with E-state index < -0.39 is 0 Å². The van der Waals surface area contributed by atoms with Gasteiger partial charge in [0.05, 0.1) is 16.1 Å². The second-order valence-corrected chi connectivity index (χ2v) is 7.78. The van der Waals surface area contributed by atoms with Gasteiger partial charge in [0, 0.05) is 25.3 Å². The van der Waals surface area contributed by atoms with Crippen LogP contribution < -0.4 is 10.2 Å². The highest BCUT2D eigenvalue weighted by atomic mass is 32.1. The number of carbonyl (C=O) groups is 1. The molecular weight excluding hydrogens is 340 g/mol. The molecule has 7 heteroatoms. The molecule has 4 aromatic rings. The zero-order valence-electron chi connectivity index (χ0n) is 13.3. The van der Waals surface area contributed by atoms with E-state index >= 15 is 0 Å². The number of amides is 1.